The van der Waals surface area contributed by atoms with Crippen molar-refractivity contribution in [2.45, 2.75) is 24.5 Å². The Morgan fingerprint density at radius 3 is 2.33 bits per heavy atom. The molecule has 0 aromatic heterocycles. The first-order valence-electron chi connectivity index (χ1n) is 5.73. The third-order valence-electron chi connectivity index (χ3n) is 3.73. The lowest BCUT2D eigenvalue weighted by Crippen LogP contribution is -2.46. The highest BCUT2D eigenvalue weighted by Crippen LogP contribution is 2.54. The third-order valence-corrected chi connectivity index (χ3v) is 5.98. The molecule has 0 saturated heterocycles. The first kappa shape index (κ1) is 13.1. The lowest BCUT2D eigenvalue weighted by atomic mass is 10.0. The highest BCUT2D eigenvalue weighted by atomic mass is 32.2. The van der Waals surface area contributed by atoms with E-state index in [1.165, 1.54) is 13.1 Å². The van der Waals surface area contributed by atoms with Crippen molar-refractivity contribution in [3.8, 4) is 0 Å². The Balaban J connectivity index is 2.26. The van der Waals surface area contributed by atoms with Crippen molar-refractivity contribution in [3.05, 3.63) is 12.7 Å². The standard InChI is InChI=1S/C11H16N2O4S/c1-3-7-6-11(7,9(12)14)10(15)13(2)18(16,17)8-4-5-8/h3,7-8H,1,4-6H2,2H3,(H2,12,14). The summed E-state index contributed by atoms with van der Waals surface area (Å²) < 4.78 is 24.6. The molecule has 0 bridgehead atoms. The molecule has 100 valence electrons. The van der Waals surface area contributed by atoms with E-state index >= 15 is 0 Å². The summed E-state index contributed by atoms with van der Waals surface area (Å²) in [5.74, 6) is -1.87. The van der Waals surface area contributed by atoms with Crippen LogP contribution in [0.1, 0.15) is 19.3 Å². The van der Waals surface area contributed by atoms with Gasteiger partial charge in [-0.2, -0.15) is 0 Å². The van der Waals surface area contributed by atoms with Gasteiger partial charge in [0.1, 0.15) is 5.41 Å². The number of rotatable bonds is 5. The van der Waals surface area contributed by atoms with E-state index in [4.69, 9.17) is 5.73 Å². The highest BCUT2D eigenvalue weighted by molar-refractivity contribution is 7.90. The fraction of sp³-hybridized carbons (Fsp3) is 0.636. The average Bonchev–Trinajstić information content (AvgIpc) is 3.17. The number of hydrogen-bond donors (Lipinski definition) is 1. The normalized spacial score (nSPS) is 30.6. The molecule has 18 heavy (non-hydrogen) atoms. The highest BCUT2D eigenvalue weighted by Gasteiger charge is 2.65. The zero-order valence-corrected chi connectivity index (χ0v) is 10.9. The predicted molar refractivity (Wildman–Crippen MR) is 64.6 cm³/mol. The smallest absolute Gasteiger partial charge is 0.252 e. The number of nitrogens with zero attached hydrogens (tertiary/aromatic N) is 1. The molecule has 0 heterocycles. The van der Waals surface area contributed by atoms with E-state index in [0.29, 0.717) is 17.1 Å². The minimum atomic E-state index is -3.63. The molecule has 0 spiro atoms. The van der Waals surface area contributed by atoms with Crippen molar-refractivity contribution in [3.63, 3.8) is 0 Å². The number of carbonyl (C=O) groups excluding carboxylic acids is 2. The molecule has 0 aliphatic heterocycles. The van der Waals surface area contributed by atoms with Crippen LogP contribution in [0, 0.1) is 11.3 Å². The van der Waals surface area contributed by atoms with Crippen LogP contribution in [0.4, 0.5) is 0 Å². The first-order valence-corrected chi connectivity index (χ1v) is 7.23. The lowest BCUT2D eigenvalue weighted by molar-refractivity contribution is -0.139. The van der Waals surface area contributed by atoms with Crippen molar-refractivity contribution in [1.29, 1.82) is 0 Å². The van der Waals surface area contributed by atoms with Crippen molar-refractivity contribution in [2.24, 2.45) is 17.1 Å². The maximum Gasteiger partial charge on any atom is 0.252 e. The molecule has 2 unspecified atom stereocenters. The van der Waals surface area contributed by atoms with Gasteiger partial charge in [-0.25, -0.2) is 12.7 Å². The number of hydrogen-bond acceptors (Lipinski definition) is 4. The molecule has 6 nitrogen and oxygen atoms in total. The van der Waals surface area contributed by atoms with E-state index in [1.807, 2.05) is 0 Å². The molecule has 2 rings (SSSR count). The summed E-state index contributed by atoms with van der Waals surface area (Å²) in [4.78, 5) is 23.7. The van der Waals surface area contributed by atoms with Crippen LogP contribution in [0.5, 0.6) is 0 Å². The topological polar surface area (TPSA) is 97.5 Å². The minimum absolute atomic E-state index is 0.245. The Labute approximate surface area is 106 Å². The second-order valence-electron chi connectivity index (χ2n) is 4.90. The monoisotopic (exact) mass is 272 g/mol. The Bertz CT molecular complexity index is 523. The van der Waals surface area contributed by atoms with Gasteiger partial charge >= 0.3 is 0 Å². The maximum atomic E-state index is 12.2. The van der Waals surface area contributed by atoms with E-state index in [1.54, 1.807) is 0 Å². The quantitative estimate of drug-likeness (QED) is 0.544. The minimum Gasteiger partial charge on any atom is -0.369 e. The molecule has 2 N–H and O–H groups in total. The Kier molecular flexibility index (Phi) is 2.77. The number of amides is 2. The Morgan fingerprint density at radius 2 is 2.00 bits per heavy atom. The summed E-state index contributed by atoms with van der Waals surface area (Å²) in [5, 5.41) is -0.489. The van der Waals surface area contributed by atoms with Crippen molar-refractivity contribution in [1.82, 2.24) is 4.31 Å². The van der Waals surface area contributed by atoms with Gasteiger partial charge in [-0.3, -0.25) is 9.59 Å². The van der Waals surface area contributed by atoms with E-state index < -0.39 is 32.5 Å². The summed E-state index contributed by atoms with van der Waals surface area (Å²) in [6.07, 6.45) is 2.85. The van der Waals surface area contributed by atoms with Gasteiger partial charge in [-0.05, 0) is 19.3 Å². The van der Waals surface area contributed by atoms with Crippen LogP contribution in [0.3, 0.4) is 0 Å². The molecule has 2 aliphatic carbocycles. The number of allylic oxidation sites excluding steroid dienone is 1. The maximum absolute atomic E-state index is 12.2. The van der Waals surface area contributed by atoms with E-state index in [2.05, 4.69) is 6.58 Å². The van der Waals surface area contributed by atoms with Crippen LogP contribution in [0.15, 0.2) is 12.7 Å². The van der Waals surface area contributed by atoms with Gasteiger partial charge in [0.2, 0.25) is 15.9 Å². The molecule has 2 fully saturated rings. The summed E-state index contributed by atoms with van der Waals surface area (Å²) in [5.41, 5.74) is 3.84. The van der Waals surface area contributed by atoms with Crippen LogP contribution < -0.4 is 5.73 Å². The molecule has 2 atom stereocenters. The predicted octanol–water partition coefficient (Wildman–Crippen LogP) is -0.385. The first-order chi connectivity index (χ1) is 8.28. The SMILES string of the molecule is C=CC1CC1(C(N)=O)C(=O)N(C)S(=O)(=O)C1CC1. The number of primary amides is 1. The number of carbonyl (C=O) groups is 2. The van der Waals surface area contributed by atoms with Gasteiger partial charge in [0.15, 0.2) is 0 Å². The Morgan fingerprint density at radius 1 is 1.44 bits per heavy atom. The molecule has 7 heteroatoms. The Hall–Kier alpha value is -1.37. The summed E-state index contributed by atoms with van der Waals surface area (Å²) in [6, 6.07) is 0. The zero-order chi connectivity index (χ0) is 13.7. The molecule has 2 aliphatic rings. The molecular formula is C11H16N2O4S. The van der Waals surface area contributed by atoms with Crippen LogP contribution >= 0.6 is 0 Å². The van der Waals surface area contributed by atoms with Gasteiger partial charge in [0.05, 0.1) is 5.25 Å². The zero-order valence-electron chi connectivity index (χ0n) is 10.1. The largest absolute Gasteiger partial charge is 0.369 e. The van der Waals surface area contributed by atoms with Crippen LogP contribution in [-0.4, -0.2) is 36.8 Å². The fourth-order valence-corrected chi connectivity index (χ4v) is 3.77. The van der Waals surface area contributed by atoms with Crippen LogP contribution in [0.2, 0.25) is 0 Å². The molecule has 0 radical (unpaired) electrons. The van der Waals surface area contributed by atoms with Gasteiger partial charge in [0.25, 0.3) is 5.91 Å². The van der Waals surface area contributed by atoms with Gasteiger partial charge in [-0.15, -0.1) is 6.58 Å². The average molecular weight is 272 g/mol. The van der Waals surface area contributed by atoms with Gasteiger partial charge < -0.3 is 5.73 Å². The number of sulfonamides is 1. The van der Waals surface area contributed by atoms with Crippen molar-refractivity contribution < 1.29 is 18.0 Å². The summed E-state index contributed by atoms with van der Waals surface area (Å²) in [6.45, 7) is 3.52. The van der Waals surface area contributed by atoms with Crippen LogP contribution in [0.25, 0.3) is 0 Å². The molecular weight excluding hydrogens is 256 g/mol. The van der Waals surface area contributed by atoms with Crippen LogP contribution in [-0.2, 0) is 19.6 Å². The molecule has 0 aromatic carbocycles. The number of nitrogens with two attached hydrogens (primary N) is 1. The van der Waals surface area contributed by atoms with Crippen molar-refractivity contribution >= 4 is 21.8 Å². The summed E-state index contributed by atoms with van der Waals surface area (Å²) in [7, 11) is -2.44. The van der Waals surface area contributed by atoms with Gasteiger partial charge in [-0.1, -0.05) is 6.08 Å². The molecule has 2 amide bonds. The fourth-order valence-electron chi connectivity index (χ4n) is 2.19. The van der Waals surface area contributed by atoms with E-state index in [9.17, 15) is 18.0 Å². The van der Waals surface area contributed by atoms with Gasteiger partial charge in [0, 0.05) is 13.0 Å². The molecule has 0 aromatic rings. The summed E-state index contributed by atoms with van der Waals surface area (Å²) >= 11 is 0. The van der Waals surface area contributed by atoms with Crippen molar-refractivity contribution in [2.75, 3.05) is 7.05 Å². The second kappa shape index (κ2) is 3.81. The lowest BCUT2D eigenvalue weighted by Gasteiger charge is -2.22. The van der Waals surface area contributed by atoms with E-state index in [-0.39, 0.29) is 12.3 Å². The second-order valence-corrected chi connectivity index (χ2v) is 7.14. The third kappa shape index (κ3) is 1.65. The van der Waals surface area contributed by atoms with E-state index in [0.717, 1.165) is 0 Å². The molecule has 2 saturated carbocycles.